The number of aromatic amines is 1. The number of thiazole rings is 1. The molecule has 1 amide bonds. The highest BCUT2D eigenvalue weighted by molar-refractivity contribution is 7.17. The van der Waals surface area contributed by atoms with Crippen molar-refractivity contribution in [2.75, 3.05) is 19.7 Å². The van der Waals surface area contributed by atoms with Crippen LogP contribution in [0, 0.1) is 6.92 Å². The summed E-state index contributed by atoms with van der Waals surface area (Å²) in [5.41, 5.74) is 0.592. The number of carbonyl (C=O) groups is 2. The van der Waals surface area contributed by atoms with Crippen molar-refractivity contribution in [3.05, 3.63) is 16.9 Å². The van der Waals surface area contributed by atoms with E-state index in [1.165, 1.54) is 17.7 Å². The molecular formula is C15H19N5O4S. The van der Waals surface area contributed by atoms with Crippen LogP contribution in [0.3, 0.4) is 0 Å². The zero-order chi connectivity index (χ0) is 17.8. The van der Waals surface area contributed by atoms with E-state index in [0.717, 1.165) is 12.8 Å². The minimum atomic E-state index is -0.937. The Labute approximate surface area is 148 Å². The van der Waals surface area contributed by atoms with E-state index in [0.29, 0.717) is 34.6 Å². The lowest BCUT2D eigenvalue weighted by Crippen LogP contribution is -2.38. The summed E-state index contributed by atoms with van der Waals surface area (Å²) < 4.78 is 5.59. The van der Waals surface area contributed by atoms with Gasteiger partial charge >= 0.3 is 5.97 Å². The molecule has 1 fully saturated rings. The summed E-state index contributed by atoms with van der Waals surface area (Å²) in [5, 5.41) is 16.1. The molecule has 0 spiro atoms. The van der Waals surface area contributed by atoms with Crippen LogP contribution in [0.1, 0.15) is 34.6 Å². The van der Waals surface area contributed by atoms with Crippen molar-refractivity contribution in [1.29, 1.82) is 0 Å². The fraction of sp³-hybridized carbons (Fsp3) is 0.533. The van der Waals surface area contributed by atoms with E-state index >= 15 is 0 Å². The fourth-order valence-electron chi connectivity index (χ4n) is 2.69. The topological polar surface area (TPSA) is 121 Å². The van der Waals surface area contributed by atoms with Gasteiger partial charge in [0.1, 0.15) is 11.2 Å². The molecule has 0 bridgehead atoms. The Bertz CT molecular complexity index is 739. The van der Waals surface area contributed by atoms with Gasteiger partial charge in [-0.15, -0.1) is 11.3 Å². The number of carboxylic acids is 1. The Hall–Kier alpha value is -2.33. The fourth-order valence-corrected chi connectivity index (χ4v) is 3.67. The molecule has 134 valence electrons. The normalized spacial score (nSPS) is 16.9. The largest absolute Gasteiger partial charge is 0.481 e. The number of rotatable bonds is 7. The van der Waals surface area contributed by atoms with Gasteiger partial charge in [-0.2, -0.15) is 5.10 Å². The molecule has 0 unspecified atom stereocenters. The number of hydrogen-bond acceptors (Lipinski definition) is 7. The smallest absolute Gasteiger partial charge is 0.305 e. The average molecular weight is 365 g/mol. The first-order chi connectivity index (χ1) is 12.0. The van der Waals surface area contributed by atoms with Crippen LogP contribution in [0.15, 0.2) is 6.33 Å². The zero-order valence-corrected chi connectivity index (χ0v) is 14.6. The molecule has 2 aromatic rings. The van der Waals surface area contributed by atoms with E-state index in [-0.39, 0.29) is 25.0 Å². The molecule has 0 saturated carbocycles. The van der Waals surface area contributed by atoms with Crippen LogP contribution in [0.4, 0.5) is 0 Å². The van der Waals surface area contributed by atoms with Crippen LogP contribution in [-0.2, 0) is 9.53 Å². The molecule has 25 heavy (non-hydrogen) atoms. The molecule has 1 atom stereocenters. The molecule has 9 nitrogen and oxygen atoms in total. The molecule has 1 saturated heterocycles. The van der Waals surface area contributed by atoms with E-state index in [1.54, 1.807) is 11.8 Å². The number of carbonyl (C=O) groups excluding carboxylic acids is 1. The molecule has 1 aliphatic heterocycles. The van der Waals surface area contributed by atoms with Crippen LogP contribution >= 0.6 is 11.3 Å². The Kier molecular flexibility index (Phi) is 5.39. The second kappa shape index (κ2) is 7.70. The minimum absolute atomic E-state index is 0.0419. The van der Waals surface area contributed by atoms with Crippen molar-refractivity contribution in [3.8, 4) is 10.8 Å². The van der Waals surface area contributed by atoms with Gasteiger partial charge in [-0.05, 0) is 19.8 Å². The van der Waals surface area contributed by atoms with Gasteiger partial charge in [0.05, 0.1) is 18.2 Å². The Morgan fingerprint density at radius 1 is 1.52 bits per heavy atom. The standard InChI is InChI=1S/C15H19N5O4S/c1-9-12(25-14(18-9)13-16-8-17-19-13)15(23)20(5-4-11(21)22)7-10-3-2-6-24-10/h8,10H,2-7H2,1H3,(H,21,22)(H,16,17,19)/t10-/m0/s1. The van der Waals surface area contributed by atoms with Crippen LogP contribution in [0.2, 0.25) is 0 Å². The number of hydrogen-bond donors (Lipinski definition) is 2. The number of ether oxygens (including phenoxy) is 1. The number of aromatic nitrogens is 4. The number of aryl methyl sites for hydroxylation is 1. The molecule has 10 heteroatoms. The van der Waals surface area contributed by atoms with E-state index in [2.05, 4.69) is 20.2 Å². The lowest BCUT2D eigenvalue weighted by atomic mass is 10.2. The number of aliphatic carboxylic acids is 1. The van der Waals surface area contributed by atoms with E-state index in [4.69, 9.17) is 9.84 Å². The number of amides is 1. The highest BCUT2D eigenvalue weighted by Crippen LogP contribution is 2.27. The van der Waals surface area contributed by atoms with Gasteiger partial charge < -0.3 is 14.7 Å². The lowest BCUT2D eigenvalue weighted by Gasteiger charge is -2.24. The molecule has 3 heterocycles. The lowest BCUT2D eigenvalue weighted by molar-refractivity contribution is -0.137. The average Bonchev–Trinajstić information content (AvgIpc) is 3.31. The van der Waals surface area contributed by atoms with Crippen molar-refractivity contribution < 1.29 is 19.4 Å². The molecule has 3 rings (SSSR count). The molecule has 2 N–H and O–H groups in total. The van der Waals surface area contributed by atoms with Crippen molar-refractivity contribution in [3.63, 3.8) is 0 Å². The predicted molar refractivity (Wildman–Crippen MR) is 89.4 cm³/mol. The predicted octanol–water partition coefficient (Wildman–Crippen LogP) is 1.33. The third-order valence-electron chi connectivity index (χ3n) is 3.94. The first-order valence-electron chi connectivity index (χ1n) is 8.00. The van der Waals surface area contributed by atoms with Gasteiger partial charge in [0.25, 0.3) is 5.91 Å². The molecule has 0 aromatic carbocycles. The van der Waals surface area contributed by atoms with Crippen molar-refractivity contribution in [1.82, 2.24) is 25.1 Å². The number of H-pyrrole nitrogens is 1. The third-order valence-corrected chi connectivity index (χ3v) is 5.09. The summed E-state index contributed by atoms with van der Waals surface area (Å²) in [7, 11) is 0. The molecule has 0 aliphatic carbocycles. The summed E-state index contributed by atoms with van der Waals surface area (Å²) in [6.07, 6.45) is 3.07. The molecule has 0 radical (unpaired) electrons. The highest BCUT2D eigenvalue weighted by Gasteiger charge is 2.27. The third kappa shape index (κ3) is 4.20. The number of carboxylic acid groups (broad SMARTS) is 1. The molecule has 2 aromatic heterocycles. The van der Waals surface area contributed by atoms with Gasteiger partial charge in [-0.25, -0.2) is 9.97 Å². The first-order valence-corrected chi connectivity index (χ1v) is 8.82. The van der Waals surface area contributed by atoms with Gasteiger partial charge in [0.2, 0.25) is 0 Å². The monoisotopic (exact) mass is 365 g/mol. The van der Waals surface area contributed by atoms with E-state index in [9.17, 15) is 9.59 Å². The van der Waals surface area contributed by atoms with Gasteiger partial charge in [0, 0.05) is 19.7 Å². The maximum Gasteiger partial charge on any atom is 0.305 e. The minimum Gasteiger partial charge on any atom is -0.481 e. The Morgan fingerprint density at radius 3 is 3.00 bits per heavy atom. The van der Waals surface area contributed by atoms with Gasteiger partial charge in [-0.1, -0.05) is 0 Å². The zero-order valence-electron chi connectivity index (χ0n) is 13.8. The highest BCUT2D eigenvalue weighted by atomic mass is 32.1. The van der Waals surface area contributed by atoms with E-state index < -0.39 is 5.97 Å². The van der Waals surface area contributed by atoms with Crippen LogP contribution in [-0.4, -0.2) is 67.8 Å². The summed E-state index contributed by atoms with van der Waals surface area (Å²) in [4.78, 5) is 34.3. The second-order valence-corrected chi connectivity index (χ2v) is 6.80. The quantitative estimate of drug-likeness (QED) is 0.759. The SMILES string of the molecule is Cc1nc(-c2ncn[nH]2)sc1C(=O)N(CCC(=O)O)C[C@@H]1CCCO1. The summed E-state index contributed by atoms with van der Waals surface area (Å²) in [5.74, 6) is -0.658. The number of nitrogens with zero attached hydrogens (tertiary/aromatic N) is 4. The van der Waals surface area contributed by atoms with E-state index in [1.807, 2.05) is 0 Å². The van der Waals surface area contributed by atoms with Gasteiger partial charge in [-0.3, -0.25) is 14.7 Å². The van der Waals surface area contributed by atoms with Crippen molar-refractivity contribution in [2.24, 2.45) is 0 Å². The van der Waals surface area contributed by atoms with Crippen LogP contribution in [0.25, 0.3) is 10.8 Å². The maximum absolute atomic E-state index is 13.0. The van der Waals surface area contributed by atoms with Gasteiger partial charge in [0.15, 0.2) is 10.8 Å². The number of nitrogens with one attached hydrogen (secondary N) is 1. The summed E-state index contributed by atoms with van der Waals surface area (Å²) >= 11 is 1.22. The molecule has 1 aliphatic rings. The summed E-state index contributed by atoms with van der Waals surface area (Å²) in [6.45, 7) is 2.97. The molecular weight excluding hydrogens is 346 g/mol. The van der Waals surface area contributed by atoms with Crippen LogP contribution in [0.5, 0.6) is 0 Å². The van der Waals surface area contributed by atoms with Crippen molar-refractivity contribution in [2.45, 2.75) is 32.3 Å². The Balaban J connectivity index is 1.79. The maximum atomic E-state index is 13.0. The second-order valence-electron chi connectivity index (χ2n) is 5.80. The summed E-state index contributed by atoms with van der Waals surface area (Å²) in [6, 6.07) is 0. The first kappa shape index (κ1) is 17.5. The van der Waals surface area contributed by atoms with Crippen LogP contribution < -0.4 is 0 Å². The Morgan fingerprint density at radius 2 is 2.36 bits per heavy atom. The van der Waals surface area contributed by atoms with Crippen molar-refractivity contribution >= 4 is 23.2 Å².